The minimum atomic E-state index is -3.66. The van der Waals surface area contributed by atoms with Gasteiger partial charge in [0.2, 0.25) is 15.9 Å². The molecule has 2 heterocycles. The Morgan fingerprint density at radius 2 is 1.88 bits per heavy atom. The molecule has 1 fully saturated rings. The fourth-order valence-electron chi connectivity index (χ4n) is 2.85. The lowest BCUT2D eigenvalue weighted by Crippen LogP contribution is -2.48. The van der Waals surface area contributed by atoms with Gasteiger partial charge in [-0.15, -0.1) is 0 Å². The highest BCUT2D eigenvalue weighted by atomic mass is 32.2. The number of aryl methyl sites for hydroxylation is 2. The molecule has 3 rings (SSSR count). The van der Waals surface area contributed by atoms with Crippen molar-refractivity contribution in [2.75, 3.05) is 26.2 Å². The van der Waals surface area contributed by atoms with Gasteiger partial charge in [-0.2, -0.15) is 9.57 Å². The maximum absolute atomic E-state index is 12.8. The minimum Gasteiger partial charge on any atom is -0.444 e. The zero-order valence-corrected chi connectivity index (χ0v) is 15.1. The number of hydrogen-bond donors (Lipinski definition) is 0. The summed E-state index contributed by atoms with van der Waals surface area (Å²) in [6.45, 7) is 6.28. The molecular formula is C17H20N4O3S. The van der Waals surface area contributed by atoms with Crippen LogP contribution < -0.4 is 0 Å². The first-order chi connectivity index (χ1) is 11.9. The van der Waals surface area contributed by atoms with Crippen LogP contribution in [0.1, 0.15) is 22.9 Å². The quantitative estimate of drug-likeness (QED) is 0.824. The van der Waals surface area contributed by atoms with Gasteiger partial charge in [0.15, 0.2) is 0 Å². The second-order valence-corrected chi connectivity index (χ2v) is 7.94. The number of aromatic nitrogens is 1. The molecule has 7 nitrogen and oxygen atoms in total. The van der Waals surface area contributed by atoms with Gasteiger partial charge in [-0.3, -0.25) is 4.90 Å². The number of sulfonamides is 1. The van der Waals surface area contributed by atoms with Crippen molar-refractivity contribution in [3.05, 3.63) is 47.2 Å². The van der Waals surface area contributed by atoms with Crippen molar-refractivity contribution >= 4 is 10.0 Å². The molecule has 0 aliphatic carbocycles. The Bertz CT molecular complexity index is 887. The summed E-state index contributed by atoms with van der Waals surface area (Å²) in [7, 11) is -3.66. The fraction of sp³-hybridized carbons (Fsp3) is 0.412. The number of hydrogen-bond acceptors (Lipinski definition) is 6. The Morgan fingerprint density at radius 1 is 1.20 bits per heavy atom. The molecule has 0 unspecified atom stereocenters. The van der Waals surface area contributed by atoms with Crippen LogP contribution in [0, 0.1) is 25.2 Å². The van der Waals surface area contributed by atoms with Gasteiger partial charge in [0, 0.05) is 26.2 Å². The molecule has 1 aromatic heterocycles. The number of nitriles is 1. The van der Waals surface area contributed by atoms with E-state index >= 15 is 0 Å². The van der Waals surface area contributed by atoms with E-state index in [0.717, 1.165) is 11.5 Å². The lowest BCUT2D eigenvalue weighted by Gasteiger charge is -2.33. The molecule has 1 aromatic carbocycles. The van der Waals surface area contributed by atoms with Crippen LogP contribution in [0.5, 0.6) is 0 Å². The molecule has 0 spiro atoms. The molecule has 1 saturated heterocycles. The van der Waals surface area contributed by atoms with Crippen molar-refractivity contribution in [3.63, 3.8) is 0 Å². The summed E-state index contributed by atoms with van der Waals surface area (Å²) in [6, 6.07) is 8.26. The van der Waals surface area contributed by atoms with Crippen LogP contribution in [0.4, 0.5) is 0 Å². The van der Waals surface area contributed by atoms with Gasteiger partial charge in [-0.05, 0) is 26.0 Å². The van der Waals surface area contributed by atoms with E-state index in [1.54, 1.807) is 12.1 Å². The second kappa shape index (κ2) is 6.96. The van der Waals surface area contributed by atoms with E-state index in [1.807, 2.05) is 19.9 Å². The van der Waals surface area contributed by atoms with E-state index in [2.05, 4.69) is 9.88 Å². The molecule has 0 saturated carbocycles. The minimum absolute atomic E-state index is 0.0740. The summed E-state index contributed by atoms with van der Waals surface area (Å²) in [5.74, 6) is 1.46. The zero-order chi connectivity index (χ0) is 18.0. The van der Waals surface area contributed by atoms with E-state index < -0.39 is 10.0 Å². The normalized spacial score (nSPS) is 16.7. The monoisotopic (exact) mass is 360 g/mol. The molecule has 1 aliphatic heterocycles. The lowest BCUT2D eigenvalue weighted by molar-refractivity contribution is 0.167. The van der Waals surface area contributed by atoms with Crippen LogP contribution in [-0.4, -0.2) is 48.8 Å². The number of benzene rings is 1. The van der Waals surface area contributed by atoms with Crippen LogP contribution in [0.2, 0.25) is 0 Å². The van der Waals surface area contributed by atoms with Crippen molar-refractivity contribution < 1.29 is 12.8 Å². The summed E-state index contributed by atoms with van der Waals surface area (Å²) in [4.78, 5) is 6.56. The first-order valence-corrected chi connectivity index (χ1v) is 9.50. The first kappa shape index (κ1) is 17.6. The largest absolute Gasteiger partial charge is 0.444 e. The summed E-state index contributed by atoms with van der Waals surface area (Å²) in [5, 5.41) is 9.15. The zero-order valence-electron chi connectivity index (χ0n) is 14.3. The van der Waals surface area contributed by atoms with Crippen molar-refractivity contribution in [2.24, 2.45) is 0 Å². The standard InChI is InChI=1S/C17H20N4O3S/c1-13-14(2)24-17(19-13)12-20-7-9-21(10-8-20)25(22,23)16-6-4-3-5-15(16)11-18/h3-6H,7-10,12H2,1-2H3. The molecule has 0 radical (unpaired) electrons. The Kier molecular flexibility index (Phi) is 4.90. The Morgan fingerprint density at radius 3 is 2.48 bits per heavy atom. The van der Waals surface area contributed by atoms with Crippen LogP contribution in [0.15, 0.2) is 33.6 Å². The Labute approximate surface area is 147 Å². The Balaban J connectivity index is 1.68. The topological polar surface area (TPSA) is 90.4 Å². The number of nitrogens with zero attached hydrogens (tertiary/aromatic N) is 4. The number of piperazine rings is 1. The van der Waals surface area contributed by atoms with Crippen molar-refractivity contribution in [1.29, 1.82) is 5.26 Å². The molecule has 8 heteroatoms. The van der Waals surface area contributed by atoms with Crippen molar-refractivity contribution in [3.8, 4) is 6.07 Å². The highest BCUT2D eigenvalue weighted by Gasteiger charge is 2.30. The average molecular weight is 360 g/mol. The van der Waals surface area contributed by atoms with Gasteiger partial charge in [-0.1, -0.05) is 12.1 Å². The third-order valence-corrected chi connectivity index (χ3v) is 6.35. The third-order valence-electron chi connectivity index (χ3n) is 4.39. The van der Waals surface area contributed by atoms with E-state index in [0.29, 0.717) is 38.6 Å². The summed E-state index contributed by atoms with van der Waals surface area (Å²) >= 11 is 0. The summed E-state index contributed by atoms with van der Waals surface area (Å²) < 4.78 is 32.6. The van der Waals surface area contributed by atoms with Crippen LogP contribution in [0.25, 0.3) is 0 Å². The lowest BCUT2D eigenvalue weighted by atomic mass is 10.2. The number of rotatable bonds is 4. The maximum atomic E-state index is 12.8. The van der Waals surface area contributed by atoms with E-state index in [4.69, 9.17) is 9.68 Å². The van der Waals surface area contributed by atoms with Gasteiger partial charge in [0.25, 0.3) is 0 Å². The predicted octanol–water partition coefficient (Wildman–Crippen LogP) is 1.67. The fourth-order valence-corrected chi connectivity index (χ4v) is 4.41. The molecule has 132 valence electrons. The smallest absolute Gasteiger partial charge is 0.244 e. The number of oxazole rings is 1. The average Bonchev–Trinajstić information content (AvgIpc) is 2.92. The third kappa shape index (κ3) is 3.58. The van der Waals surface area contributed by atoms with Crippen LogP contribution in [0.3, 0.4) is 0 Å². The van der Waals surface area contributed by atoms with Gasteiger partial charge in [0.05, 0.1) is 22.7 Å². The molecule has 0 atom stereocenters. The van der Waals surface area contributed by atoms with Gasteiger partial charge in [-0.25, -0.2) is 13.4 Å². The highest BCUT2D eigenvalue weighted by molar-refractivity contribution is 7.89. The second-order valence-electron chi connectivity index (χ2n) is 6.04. The van der Waals surface area contributed by atoms with Crippen molar-refractivity contribution in [1.82, 2.24) is 14.2 Å². The van der Waals surface area contributed by atoms with Crippen LogP contribution >= 0.6 is 0 Å². The van der Waals surface area contributed by atoms with Crippen LogP contribution in [-0.2, 0) is 16.6 Å². The molecule has 1 aliphatic rings. The van der Waals surface area contributed by atoms with E-state index in [-0.39, 0.29) is 10.5 Å². The maximum Gasteiger partial charge on any atom is 0.244 e. The van der Waals surface area contributed by atoms with Crippen molar-refractivity contribution in [2.45, 2.75) is 25.3 Å². The molecule has 2 aromatic rings. The SMILES string of the molecule is Cc1nc(CN2CCN(S(=O)(=O)c3ccccc3C#N)CC2)oc1C. The van der Waals surface area contributed by atoms with E-state index in [9.17, 15) is 8.42 Å². The van der Waals surface area contributed by atoms with Gasteiger partial charge >= 0.3 is 0 Å². The van der Waals surface area contributed by atoms with E-state index in [1.165, 1.54) is 16.4 Å². The molecule has 0 N–H and O–H groups in total. The predicted molar refractivity (Wildman–Crippen MR) is 91.2 cm³/mol. The summed E-state index contributed by atoms with van der Waals surface area (Å²) in [6.07, 6.45) is 0. The molecule has 0 bridgehead atoms. The molecular weight excluding hydrogens is 340 g/mol. The first-order valence-electron chi connectivity index (χ1n) is 8.06. The Hall–Kier alpha value is -2.21. The molecule has 0 amide bonds. The summed E-state index contributed by atoms with van der Waals surface area (Å²) in [5.41, 5.74) is 1.06. The van der Waals surface area contributed by atoms with Gasteiger partial charge < -0.3 is 4.42 Å². The highest BCUT2D eigenvalue weighted by Crippen LogP contribution is 2.21. The molecule has 25 heavy (non-hydrogen) atoms. The van der Waals surface area contributed by atoms with Gasteiger partial charge in [0.1, 0.15) is 11.8 Å².